The summed E-state index contributed by atoms with van der Waals surface area (Å²) in [5.74, 6) is 0.191. The van der Waals surface area contributed by atoms with Crippen molar-refractivity contribution in [3.63, 3.8) is 0 Å². The lowest BCUT2D eigenvalue weighted by Gasteiger charge is -2.15. The zero-order valence-corrected chi connectivity index (χ0v) is 15.5. The number of ketones is 1. The van der Waals surface area contributed by atoms with Gasteiger partial charge in [-0.2, -0.15) is 0 Å². The molecular weight excluding hydrogens is 312 g/mol. The molecule has 136 valence electrons. The van der Waals surface area contributed by atoms with Crippen molar-refractivity contribution in [1.29, 1.82) is 0 Å². The fourth-order valence-electron chi connectivity index (χ4n) is 3.70. The van der Waals surface area contributed by atoms with Crippen molar-refractivity contribution in [2.75, 3.05) is 0 Å². The third-order valence-corrected chi connectivity index (χ3v) is 5.27. The number of aliphatic carboxylic acids is 1. The van der Waals surface area contributed by atoms with E-state index in [1.807, 2.05) is 0 Å². The number of carboxylic acid groups (broad SMARTS) is 1. The number of rotatable bonds is 9. The van der Waals surface area contributed by atoms with Gasteiger partial charge < -0.3 is 5.11 Å². The highest BCUT2D eigenvalue weighted by atomic mass is 16.4. The molecule has 1 aromatic rings. The summed E-state index contributed by atoms with van der Waals surface area (Å²) in [5.41, 5.74) is 3.76. The highest BCUT2D eigenvalue weighted by Crippen LogP contribution is 2.34. The molecule has 25 heavy (non-hydrogen) atoms. The maximum atomic E-state index is 12.2. The van der Waals surface area contributed by atoms with E-state index in [0.717, 1.165) is 38.5 Å². The normalized spacial score (nSPS) is 20.5. The molecule has 2 unspecified atom stereocenters. The summed E-state index contributed by atoms with van der Waals surface area (Å²) >= 11 is 0. The van der Waals surface area contributed by atoms with E-state index in [9.17, 15) is 9.59 Å². The first-order valence-corrected chi connectivity index (χ1v) is 9.47. The number of carbonyl (C=O) groups is 2. The van der Waals surface area contributed by atoms with E-state index in [1.54, 1.807) is 0 Å². The Kier molecular flexibility index (Phi) is 7.42. The third kappa shape index (κ3) is 6.15. The Bertz CT molecular complexity index is 630. The number of benzene rings is 1. The molecule has 2 atom stereocenters. The van der Waals surface area contributed by atoms with Crippen LogP contribution in [0.5, 0.6) is 0 Å². The van der Waals surface area contributed by atoms with Gasteiger partial charge in [-0.05, 0) is 50.2 Å². The minimum absolute atomic E-state index is 0.154. The number of unbranched alkanes of at least 4 members (excludes halogenated alkanes) is 3. The lowest BCUT2D eigenvalue weighted by Crippen LogP contribution is -2.13. The molecule has 0 spiro atoms. The van der Waals surface area contributed by atoms with E-state index >= 15 is 0 Å². The monoisotopic (exact) mass is 342 g/mol. The molecule has 0 amide bonds. The van der Waals surface area contributed by atoms with Gasteiger partial charge in [0.05, 0.1) is 0 Å². The summed E-state index contributed by atoms with van der Waals surface area (Å²) in [6.45, 7) is 4.22. The van der Waals surface area contributed by atoms with Gasteiger partial charge in [-0.3, -0.25) is 9.59 Å². The quantitative estimate of drug-likeness (QED) is 0.617. The molecule has 3 heteroatoms. The van der Waals surface area contributed by atoms with Crippen LogP contribution < -0.4 is 0 Å². The Morgan fingerprint density at radius 2 is 1.96 bits per heavy atom. The summed E-state index contributed by atoms with van der Waals surface area (Å²) in [4.78, 5) is 22.7. The van der Waals surface area contributed by atoms with Crippen LogP contribution in [0, 0.1) is 25.7 Å². The first-order valence-electron chi connectivity index (χ1n) is 9.47. The molecule has 0 aromatic heterocycles. The first kappa shape index (κ1) is 19.4. The summed E-state index contributed by atoms with van der Waals surface area (Å²) < 4.78 is 0. The van der Waals surface area contributed by atoms with Gasteiger partial charge >= 0.3 is 5.97 Å². The topological polar surface area (TPSA) is 54.4 Å². The molecule has 1 aliphatic rings. The lowest BCUT2D eigenvalue weighted by molar-refractivity contribution is -0.137. The summed E-state index contributed by atoms with van der Waals surface area (Å²) in [6, 6.07) is 6.46. The number of aryl methyl sites for hydroxylation is 2. The van der Waals surface area contributed by atoms with Gasteiger partial charge in [0.1, 0.15) is 5.78 Å². The van der Waals surface area contributed by atoms with Crippen LogP contribution in [0.3, 0.4) is 0 Å². The molecule has 3 nitrogen and oxygen atoms in total. The molecular formula is C22H30O3. The van der Waals surface area contributed by atoms with E-state index in [2.05, 4.69) is 44.2 Å². The fourth-order valence-corrected chi connectivity index (χ4v) is 3.70. The maximum absolute atomic E-state index is 12.2. The Labute approximate surface area is 151 Å². The second-order valence-electron chi connectivity index (χ2n) is 7.34. The molecule has 1 aliphatic carbocycles. The van der Waals surface area contributed by atoms with Crippen molar-refractivity contribution < 1.29 is 14.7 Å². The van der Waals surface area contributed by atoms with Crippen molar-refractivity contribution in [3.05, 3.63) is 41.0 Å². The van der Waals surface area contributed by atoms with Crippen LogP contribution in [-0.4, -0.2) is 16.9 Å². The summed E-state index contributed by atoms with van der Waals surface area (Å²) in [5, 5.41) is 8.65. The van der Waals surface area contributed by atoms with Crippen LogP contribution in [-0.2, 0) is 9.59 Å². The molecule has 1 saturated carbocycles. The minimum atomic E-state index is -0.720. The second-order valence-corrected chi connectivity index (χ2v) is 7.34. The van der Waals surface area contributed by atoms with E-state index in [4.69, 9.17) is 5.11 Å². The molecule has 0 saturated heterocycles. The number of Topliss-reactive ketones (excluding diaryl/α,β-unsaturated/α-hetero) is 1. The van der Waals surface area contributed by atoms with Crippen molar-refractivity contribution in [3.8, 4) is 0 Å². The zero-order valence-electron chi connectivity index (χ0n) is 15.5. The first-order chi connectivity index (χ1) is 12.0. The standard InChI is InChI=1S/C22H30O3/c1-16-9-10-17(2)19(15-16)12-11-18-13-14-21(23)20(18)7-5-3-4-6-8-22(24)25/h9-12,15,18,20H,3-8,13-14H2,1-2H3,(H,24,25)/b12-11+. The predicted octanol–water partition coefficient (Wildman–Crippen LogP) is 5.34. The SMILES string of the molecule is Cc1ccc(C)c(/C=C/C2CCC(=O)C2CCCCCCC(=O)O)c1. The molecule has 2 rings (SSSR count). The average Bonchev–Trinajstić information content (AvgIpc) is 2.91. The van der Waals surface area contributed by atoms with Crippen molar-refractivity contribution >= 4 is 17.8 Å². The van der Waals surface area contributed by atoms with Gasteiger partial charge in [-0.15, -0.1) is 0 Å². The fraction of sp³-hybridized carbons (Fsp3) is 0.545. The van der Waals surface area contributed by atoms with E-state index in [-0.39, 0.29) is 12.3 Å². The summed E-state index contributed by atoms with van der Waals surface area (Å²) in [6.07, 6.45) is 11.0. The molecule has 1 aromatic carbocycles. The molecule has 1 N–H and O–H groups in total. The van der Waals surface area contributed by atoms with Gasteiger partial charge in [0.2, 0.25) is 0 Å². The van der Waals surface area contributed by atoms with Crippen LogP contribution in [0.4, 0.5) is 0 Å². The number of carbonyl (C=O) groups excluding carboxylic acids is 1. The maximum Gasteiger partial charge on any atom is 0.303 e. The van der Waals surface area contributed by atoms with Crippen LogP contribution in [0.15, 0.2) is 24.3 Å². The number of hydrogen-bond acceptors (Lipinski definition) is 2. The Hall–Kier alpha value is -1.90. The minimum Gasteiger partial charge on any atom is -0.481 e. The number of carboxylic acids is 1. The smallest absolute Gasteiger partial charge is 0.303 e. The van der Waals surface area contributed by atoms with Gasteiger partial charge in [-0.25, -0.2) is 0 Å². The zero-order chi connectivity index (χ0) is 18.2. The molecule has 0 bridgehead atoms. The van der Waals surface area contributed by atoms with E-state index in [1.165, 1.54) is 16.7 Å². The number of allylic oxidation sites excluding steroid dienone is 1. The average molecular weight is 342 g/mol. The molecule has 0 heterocycles. The van der Waals surface area contributed by atoms with Gasteiger partial charge in [0.15, 0.2) is 0 Å². The molecule has 0 aliphatic heterocycles. The third-order valence-electron chi connectivity index (χ3n) is 5.27. The highest BCUT2D eigenvalue weighted by molar-refractivity contribution is 5.84. The van der Waals surface area contributed by atoms with Crippen molar-refractivity contribution in [2.45, 2.75) is 65.2 Å². The van der Waals surface area contributed by atoms with E-state index < -0.39 is 5.97 Å². The Morgan fingerprint density at radius 1 is 1.20 bits per heavy atom. The van der Waals surface area contributed by atoms with Crippen LogP contribution >= 0.6 is 0 Å². The van der Waals surface area contributed by atoms with Crippen molar-refractivity contribution in [2.24, 2.45) is 11.8 Å². The highest BCUT2D eigenvalue weighted by Gasteiger charge is 2.32. The lowest BCUT2D eigenvalue weighted by atomic mass is 9.89. The predicted molar refractivity (Wildman–Crippen MR) is 102 cm³/mol. The number of hydrogen-bond donors (Lipinski definition) is 1. The summed E-state index contributed by atoms with van der Waals surface area (Å²) in [7, 11) is 0. The Balaban J connectivity index is 1.85. The van der Waals surface area contributed by atoms with Crippen LogP contribution in [0.25, 0.3) is 6.08 Å². The van der Waals surface area contributed by atoms with Gasteiger partial charge in [0.25, 0.3) is 0 Å². The van der Waals surface area contributed by atoms with Gasteiger partial charge in [0, 0.05) is 18.8 Å². The second kappa shape index (κ2) is 9.55. The van der Waals surface area contributed by atoms with Crippen molar-refractivity contribution in [1.82, 2.24) is 0 Å². The van der Waals surface area contributed by atoms with Crippen LogP contribution in [0.1, 0.15) is 68.1 Å². The van der Waals surface area contributed by atoms with E-state index in [0.29, 0.717) is 18.1 Å². The molecule has 0 radical (unpaired) electrons. The van der Waals surface area contributed by atoms with Gasteiger partial charge in [-0.1, -0.05) is 55.2 Å². The largest absolute Gasteiger partial charge is 0.481 e. The van der Waals surface area contributed by atoms with Crippen LogP contribution in [0.2, 0.25) is 0 Å². The molecule has 1 fully saturated rings. The Morgan fingerprint density at radius 3 is 2.72 bits per heavy atom.